The maximum atomic E-state index is 12.0. The van der Waals surface area contributed by atoms with Gasteiger partial charge in [0, 0.05) is 11.5 Å². The second-order valence-corrected chi connectivity index (χ2v) is 6.28. The Bertz CT molecular complexity index is 608. The topological polar surface area (TPSA) is 35.5 Å². The van der Waals surface area contributed by atoms with E-state index in [2.05, 4.69) is 13.8 Å². The molecule has 0 saturated heterocycles. The number of hydrogen-bond donors (Lipinski definition) is 0. The average Bonchev–Trinajstić information content (AvgIpc) is 2.51. The Morgan fingerprint density at radius 2 is 1.95 bits per heavy atom. The van der Waals surface area contributed by atoms with Crippen molar-refractivity contribution < 1.29 is 14.3 Å². The fourth-order valence-corrected chi connectivity index (χ4v) is 3.10. The van der Waals surface area contributed by atoms with Crippen molar-refractivity contribution in [2.75, 3.05) is 7.11 Å². The van der Waals surface area contributed by atoms with Gasteiger partial charge in [0.2, 0.25) is 0 Å². The SMILES string of the molecule is COc1ccc([C@H]2C[C@@H]3C(=CO2)C(=O)C=CC3(C)C)cc1. The van der Waals surface area contributed by atoms with Gasteiger partial charge in [-0.2, -0.15) is 0 Å². The first-order valence-corrected chi connectivity index (χ1v) is 7.24. The van der Waals surface area contributed by atoms with Crippen LogP contribution in [-0.4, -0.2) is 12.9 Å². The Kier molecular flexibility index (Phi) is 3.36. The first-order chi connectivity index (χ1) is 10.0. The van der Waals surface area contributed by atoms with E-state index < -0.39 is 0 Å². The van der Waals surface area contributed by atoms with Gasteiger partial charge in [-0.15, -0.1) is 0 Å². The van der Waals surface area contributed by atoms with Gasteiger partial charge in [0.15, 0.2) is 5.78 Å². The van der Waals surface area contributed by atoms with Crippen molar-refractivity contribution in [3.63, 3.8) is 0 Å². The number of carbonyl (C=O) groups excluding carboxylic acids is 1. The Hall–Kier alpha value is -2.03. The Balaban J connectivity index is 1.88. The highest BCUT2D eigenvalue weighted by atomic mass is 16.5. The van der Waals surface area contributed by atoms with Gasteiger partial charge in [-0.25, -0.2) is 0 Å². The third-order valence-electron chi connectivity index (χ3n) is 4.52. The number of hydrogen-bond acceptors (Lipinski definition) is 3. The summed E-state index contributed by atoms with van der Waals surface area (Å²) in [6, 6.07) is 7.93. The summed E-state index contributed by atoms with van der Waals surface area (Å²) in [6.45, 7) is 4.34. The fourth-order valence-electron chi connectivity index (χ4n) is 3.10. The highest BCUT2D eigenvalue weighted by Crippen LogP contribution is 2.46. The standard InChI is InChI=1S/C18H20O3/c1-18(2)9-8-16(19)14-11-21-17(10-15(14)18)12-4-6-13(20-3)7-5-12/h4-9,11,15,17H,10H2,1-3H3/t15-,17-/m1/s1. The molecule has 0 spiro atoms. The van der Waals surface area contributed by atoms with Gasteiger partial charge in [0.25, 0.3) is 0 Å². The van der Waals surface area contributed by atoms with Gasteiger partial charge in [-0.1, -0.05) is 32.1 Å². The number of rotatable bonds is 2. The summed E-state index contributed by atoms with van der Waals surface area (Å²) in [6.07, 6.45) is 6.16. The van der Waals surface area contributed by atoms with Crippen LogP contribution in [0.2, 0.25) is 0 Å². The summed E-state index contributed by atoms with van der Waals surface area (Å²) in [5.41, 5.74) is 1.89. The zero-order valence-electron chi connectivity index (χ0n) is 12.6. The summed E-state index contributed by atoms with van der Waals surface area (Å²) >= 11 is 0. The van der Waals surface area contributed by atoms with Crippen LogP contribution >= 0.6 is 0 Å². The summed E-state index contributed by atoms with van der Waals surface area (Å²) in [4.78, 5) is 12.0. The van der Waals surface area contributed by atoms with Crippen LogP contribution in [0.3, 0.4) is 0 Å². The lowest BCUT2D eigenvalue weighted by Gasteiger charge is -2.40. The molecule has 1 aliphatic heterocycles. The summed E-state index contributed by atoms with van der Waals surface area (Å²) < 4.78 is 11.0. The molecule has 0 unspecified atom stereocenters. The van der Waals surface area contributed by atoms with Crippen molar-refractivity contribution in [2.45, 2.75) is 26.4 Å². The van der Waals surface area contributed by atoms with Crippen LogP contribution in [0.15, 0.2) is 48.3 Å². The molecule has 0 saturated carbocycles. The van der Waals surface area contributed by atoms with E-state index in [0.29, 0.717) is 0 Å². The number of allylic oxidation sites excluding steroid dienone is 3. The van der Waals surface area contributed by atoms with E-state index in [0.717, 1.165) is 23.3 Å². The normalized spacial score (nSPS) is 26.6. The second-order valence-electron chi connectivity index (χ2n) is 6.28. The zero-order valence-corrected chi connectivity index (χ0v) is 12.6. The number of benzene rings is 1. The van der Waals surface area contributed by atoms with Gasteiger partial charge in [0.05, 0.1) is 13.4 Å². The highest BCUT2D eigenvalue weighted by Gasteiger charge is 2.40. The summed E-state index contributed by atoms with van der Waals surface area (Å²) in [7, 11) is 1.66. The van der Waals surface area contributed by atoms with Crippen LogP contribution in [0.5, 0.6) is 5.75 Å². The highest BCUT2D eigenvalue weighted by molar-refractivity contribution is 6.05. The molecule has 3 rings (SSSR count). The minimum absolute atomic E-state index is 0.0109. The maximum absolute atomic E-state index is 12.0. The first kappa shape index (κ1) is 13.9. The van der Waals surface area contributed by atoms with E-state index in [1.807, 2.05) is 30.3 Å². The van der Waals surface area contributed by atoms with Crippen molar-refractivity contribution in [3.05, 3.63) is 53.8 Å². The van der Waals surface area contributed by atoms with Crippen LogP contribution < -0.4 is 4.74 Å². The van der Waals surface area contributed by atoms with Gasteiger partial charge in [-0.05, 0) is 35.6 Å². The molecule has 1 aromatic rings. The van der Waals surface area contributed by atoms with E-state index in [-0.39, 0.29) is 23.2 Å². The molecular weight excluding hydrogens is 264 g/mol. The first-order valence-electron chi connectivity index (χ1n) is 7.24. The molecule has 2 aliphatic rings. The maximum Gasteiger partial charge on any atom is 0.184 e. The molecule has 1 aromatic carbocycles. The van der Waals surface area contributed by atoms with Crippen molar-refractivity contribution in [1.82, 2.24) is 0 Å². The predicted octanol–water partition coefficient (Wildman–Crippen LogP) is 3.82. The number of ketones is 1. The lowest BCUT2D eigenvalue weighted by molar-refractivity contribution is -0.113. The largest absolute Gasteiger partial charge is 0.497 e. The van der Waals surface area contributed by atoms with Gasteiger partial charge < -0.3 is 9.47 Å². The minimum Gasteiger partial charge on any atom is -0.497 e. The Morgan fingerprint density at radius 3 is 2.62 bits per heavy atom. The lowest BCUT2D eigenvalue weighted by atomic mass is 9.67. The minimum atomic E-state index is -0.0196. The smallest absolute Gasteiger partial charge is 0.184 e. The number of fused-ring (bicyclic) bond motifs is 1. The van der Waals surface area contributed by atoms with Crippen LogP contribution in [0.1, 0.15) is 31.9 Å². The number of carbonyl (C=O) groups is 1. The number of ether oxygens (including phenoxy) is 2. The van der Waals surface area contributed by atoms with Crippen molar-refractivity contribution in [2.24, 2.45) is 11.3 Å². The van der Waals surface area contributed by atoms with Crippen molar-refractivity contribution in [3.8, 4) is 5.75 Å². The zero-order chi connectivity index (χ0) is 15.0. The lowest BCUT2D eigenvalue weighted by Crippen LogP contribution is -2.34. The van der Waals surface area contributed by atoms with Crippen LogP contribution in [0.4, 0.5) is 0 Å². The van der Waals surface area contributed by atoms with Crippen LogP contribution in [-0.2, 0) is 9.53 Å². The Morgan fingerprint density at radius 1 is 1.24 bits per heavy atom. The molecule has 110 valence electrons. The van der Waals surface area contributed by atoms with Gasteiger partial charge in [-0.3, -0.25) is 4.79 Å². The van der Waals surface area contributed by atoms with E-state index in [1.54, 1.807) is 19.4 Å². The fraction of sp³-hybridized carbons (Fsp3) is 0.389. The molecule has 0 bridgehead atoms. The molecule has 0 amide bonds. The Labute approximate surface area is 125 Å². The molecule has 0 radical (unpaired) electrons. The molecule has 2 atom stereocenters. The summed E-state index contributed by atoms with van der Waals surface area (Å²) in [5.74, 6) is 1.12. The molecular formula is C18H20O3. The molecule has 3 heteroatoms. The molecule has 0 aromatic heterocycles. The molecule has 21 heavy (non-hydrogen) atoms. The van der Waals surface area contributed by atoms with Crippen LogP contribution in [0.25, 0.3) is 0 Å². The van der Waals surface area contributed by atoms with Gasteiger partial charge >= 0.3 is 0 Å². The monoisotopic (exact) mass is 284 g/mol. The quantitative estimate of drug-likeness (QED) is 0.828. The molecule has 1 heterocycles. The van der Waals surface area contributed by atoms with Crippen LogP contribution in [0, 0.1) is 11.3 Å². The second kappa shape index (κ2) is 5.06. The molecule has 1 aliphatic carbocycles. The van der Waals surface area contributed by atoms with E-state index in [1.165, 1.54) is 0 Å². The average molecular weight is 284 g/mol. The molecule has 0 fully saturated rings. The summed E-state index contributed by atoms with van der Waals surface area (Å²) in [5, 5.41) is 0. The predicted molar refractivity (Wildman–Crippen MR) is 80.9 cm³/mol. The van der Waals surface area contributed by atoms with Gasteiger partial charge in [0.1, 0.15) is 11.9 Å². The van der Waals surface area contributed by atoms with Crippen molar-refractivity contribution >= 4 is 5.78 Å². The van der Waals surface area contributed by atoms with E-state index >= 15 is 0 Å². The molecule has 3 nitrogen and oxygen atoms in total. The van der Waals surface area contributed by atoms with Crippen molar-refractivity contribution in [1.29, 1.82) is 0 Å². The van der Waals surface area contributed by atoms with E-state index in [4.69, 9.17) is 9.47 Å². The third-order valence-corrected chi connectivity index (χ3v) is 4.52. The number of methoxy groups -OCH3 is 1. The van der Waals surface area contributed by atoms with E-state index in [9.17, 15) is 4.79 Å². The third kappa shape index (κ3) is 2.48. The molecule has 0 N–H and O–H groups in total.